The van der Waals surface area contributed by atoms with Crippen molar-refractivity contribution in [2.75, 3.05) is 5.32 Å². The quantitative estimate of drug-likeness (QED) is 0.174. The summed E-state index contributed by atoms with van der Waals surface area (Å²) in [4.78, 5) is 64.8. The summed E-state index contributed by atoms with van der Waals surface area (Å²) >= 11 is 0. The van der Waals surface area contributed by atoms with Crippen molar-refractivity contribution in [3.05, 3.63) is 113 Å². The lowest BCUT2D eigenvalue weighted by Gasteiger charge is -2.21. The van der Waals surface area contributed by atoms with E-state index in [0.717, 1.165) is 10.8 Å². The third kappa shape index (κ3) is 4.36. The molecule has 1 aliphatic rings. The molecule has 1 aliphatic heterocycles. The molecule has 0 fully saturated rings. The van der Waals surface area contributed by atoms with E-state index in [2.05, 4.69) is 5.32 Å². The Balaban J connectivity index is 1.55. The van der Waals surface area contributed by atoms with Crippen LogP contribution in [0.25, 0.3) is 10.8 Å². The van der Waals surface area contributed by atoms with Gasteiger partial charge in [0.05, 0.1) is 16.8 Å². The number of para-hydroxylation sites is 1. The number of esters is 1. The molecule has 0 unspecified atom stereocenters. The smallest absolute Gasteiger partial charge is 0.339 e. The summed E-state index contributed by atoms with van der Waals surface area (Å²) in [6, 6.07) is 24.6. The molecule has 0 aromatic heterocycles. The maximum absolute atomic E-state index is 13.8. The standard InChI is InChI=1S/C29H20N2O6/c30-27(34)21-11-5-6-12-22(21)31-28(35)25(33)23(26-19-9-3-4-10-20(19)29(36)37-26)24(32)18-14-13-16-7-1-2-8-17(16)15-18/h1-15,23,26H,(H2,30,34)(H,31,35)/t23-,26-/m0/s1. The second-order valence-electron chi connectivity index (χ2n) is 8.55. The van der Waals surface area contributed by atoms with Crippen molar-refractivity contribution in [1.82, 2.24) is 0 Å². The monoisotopic (exact) mass is 492 g/mol. The number of cyclic esters (lactones) is 1. The molecule has 182 valence electrons. The van der Waals surface area contributed by atoms with Crippen LogP contribution in [0.3, 0.4) is 0 Å². The van der Waals surface area contributed by atoms with Gasteiger partial charge < -0.3 is 15.8 Å². The van der Waals surface area contributed by atoms with Gasteiger partial charge in [-0.2, -0.15) is 0 Å². The summed E-state index contributed by atoms with van der Waals surface area (Å²) in [7, 11) is 0. The molecule has 8 heteroatoms. The van der Waals surface area contributed by atoms with E-state index in [-0.39, 0.29) is 22.4 Å². The van der Waals surface area contributed by atoms with E-state index in [1.165, 1.54) is 18.2 Å². The number of fused-ring (bicyclic) bond motifs is 2. The summed E-state index contributed by atoms with van der Waals surface area (Å²) in [6.45, 7) is 0. The van der Waals surface area contributed by atoms with Crippen LogP contribution in [-0.2, 0) is 14.3 Å². The van der Waals surface area contributed by atoms with Gasteiger partial charge in [0.1, 0.15) is 12.0 Å². The van der Waals surface area contributed by atoms with Crippen LogP contribution < -0.4 is 11.1 Å². The summed E-state index contributed by atoms with van der Waals surface area (Å²) in [5.41, 5.74) is 6.14. The first kappa shape index (κ1) is 23.6. The number of carbonyl (C=O) groups is 5. The number of ether oxygens (including phenoxy) is 1. The minimum absolute atomic E-state index is 0.00121. The van der Waals surface area contributed by atoms with Gasteiger partial charge in [-0.1, -0.05) is 66.7 Å². The number of anilines is 1. The number of hydrogen-bond acceptors (Lipinski definition) is 6. The molecule has 0 bridgehead atoms. The Hall–Kier alpha value is -5.11. The SMILES string of the molecule is NC(=O)c1ccccc1NC(=O)C(=O)[C@H](C(=O)c1ccc2ccccc2c1)[C@H]1OC(=O)c2ccccc21. The highest BCUT2D eigenvalue weighted by molar-refractivity contribution is 6.45. The largest absolute Gasteiger partial charge is 0.453 e. The molecule has 0 saturated heterocycles. The first-order valence-corrected chi connectivity index (χ1v) is 11.4. The number of ketones is 2. The highest BCUT2D eigenvalue weighted by Gasteiger charge is 2.46. The van der Waals surface area contributed by atoms with Gasteiger partial charge in [-0.15, -0.1) is 0 Å². The molecule has 4 aromatic carbocycles. The third-order valence-electron chi connectivity index (χ3n) is 6.29. The molecule has 2 atom stereocenters. The van der Waals surface area contributed by atoms with Crippen LogP contribution >= 0.6 is 0 Å². The van der Waals surface area contributed by atoms with Crippen LogP contribution in [0.5, 0.6) is 0 Å². The van der Waals surface area contributed by atoms with Crippen LogP contribution in [0.15, 0.2) is 91.0 Å². The van der Waals surface area contributed by atoms with E-state index in [0.29, 0.717) is 5.56 Å². The van der Waals surface area contributed by atoms with Gasteiger partial charge in [0.2, 0.25) is 5.78 Å². The van der Waals surface area contributed by atoms with Crippen molar-refractivity contribution >= 4 is 45.8 Å². The molecule has 0 saturated carbocycles. The second-order valence-corrected chi connectivity index (χ2v) is 8.55. The lowest BCUT2D eigenvalue weighted by Crippen LogP contribution is -2.38. The first-order chi connectivity index (χ1) is 17.8. The Morgan fingerprint density at radius 1 is 0.811 bits per heavy atom. The predicted octanol–water partition coefficient (Wildman–Crippen LogP) is 3.86. The lowest BCUT2D eigenvalue weighted by atomic mass is 9.84. The van der Waals surface area contributed by atoms with Gasteiger partial charge in [-0.3, -0.25) is 19.2 Å². The molecular formula is C29H20N2O6. The minimum atomic E-state index is -1.66. The summed E-state index contributed by atoms with van der Waals surface area (Å²) in [5.74, 6) is -6.09. The molecule has 8 nitrogen and oxygen atoms in total. The molecule has 5 rings (SSSR count). The van der Waals surface area contributed by atoms with Crippen molar-refractivity contribution in [2.45, 2.75) is 6.10 Å². The fourth-order valence-electron chi connectivity index (χ4n) is 4.47. The van der Waals surface area contributed by atoms with Gasteiger partial charge in [-0.05, 0) is 35.0 Å². The average Bonchev–Trinajstić information content (AvgIpc) is 3.24. The Kier molecular flexibility index (Phi) is 6.07. The van der Waals surface area contributed by atoms with Crippen LogP contribution in [0.2, 0.25) is 0 Å². The summed E-state index contributed by atoms with van der Waals surface area (Å²) < 4.78 is 5.47. The second kappa shape index (κ2) is 9.50. The number of carbonyl (C=O) groups excluding carboxylic acids is 5. The third-order valence-corrected chi connectivity index (χ3v) is 6.29. The number of benzene rings is 4. The number of amides is 2. The van der Waals surface area contributed by atoms with Gasteiger partial charge in [0.25, 0.3) is 11.8 Å². The predicted molar refractivity (Wildman–Crippen MR) is 135 cm³/mol. The molecule has 37 heavy (non-hydrogen) atoms. The molecule has 0 aliphatic carbocycles. The topological polar surface area (TPSA) is 133 Å². The molecule has 2 amide bonds. The number of Topliss-reactive ketones (excluding diaryl/α,β-unsaturated/α-hetero) is 2. The van der Waals surface area contributed by atoms with Crippen molar-refractivity contribution in [3.8, 4) is 0 Å². The maximum Gasteiger partial charge on any atom is 0.339 e. The summed E-state index contributed by atoms with van der Waals surface area (Å²) in [5, 5.41) is 4.04. The zero-order valence-corrected chi connectivity index (χ0v) is 19.3. The van der Waals surface area contributed by atoms with E-state index in [1.807, 2.05) is 24.3 Å². The van der Waals surface area contributed by atoms with Crippen LogP contribution in [0.1, 0.15) is 42.7 Å². The normalized spacial score (nSPS) is 14.9. The Morgan fingerprint density at radius 2 is 1.49 bits per heavy atom. The Labute approximate surface area is 211 Å². The van der Waals surface area contributed by atoms with Gasteiger partial charge in [0.15, 0.2) is 5.78 Å². The molecule has 3 N–H and O–H groups in total. The fourth-order valence-corrected chi connectivity index (χ4v) is 4.47. The molecule has 1 heterocycles. The fraction of sp³-hybridized carbons (Fsp3) is 0.0690. The Bertz CT molecular complexity index is 1610. The van der Waals surface area contributed by atoms with Gasteiger partial charge in [0, 0.05) is 11.1 Å². The molecule has 4 aromatic rings. The molecule has 0 spiro atoms. The highest BCUT2D eigenvalue weighted by atomic mass is 16.5. The number of rotatable bonds is 7. The van der Waals surface area contributed by atoms with E-state index < -0.39 is 41.4 Å². The van der Waals surface area contributed by atoms with Crippen molar-refractivity contribution < 1.29 is 28.7 Å². The zero-order valence-electron chi connectivity index (χ0n) is 19.3. The van der Waals surface area contributed by atoms with Crippen molar-refractivity contribution in [3.63, 3.8) is 0 Å². The van der Waals surface area contributed by atoms with E-state index in [1.54, 1.807) is 48.5 Å². The van der Waals surface area contributed by atoms with E-state index in [4.69, 9.17) is 10.5 Å². The summed E-state index contributed by atoms with van der Waals surface area (Å²) in [6.07, 6.45) is -1.30. The first-order valence-electron chi connectivity index (χ1n) is 11.4. The minimum Gasteiger partial charge on any atom is -0.453 e. The maximum atomic E-state index is 13.8. The lowest BCUT2D eigenvalue weighted by molar-refractivity contribution is -0.138. The van der Waals surface area contributed by atoms with Crippen molar-refractivity contribution in [2.24, 2.45) is 11.7 Å². The van der Waals surface area contributed by atoms with Crippen LogP contribution in [0, 0.1) is 5.92 Å². The van der Waals surface area contributed by atoms with Crippen LogP contribution in [-0.4, -0.2) is 29.4 Å². The zero-order chi connectivity index (χ0) is 26.1. The van der Waals surface area contributed by atoms with Gasteiger partial charge >= 0.3 is 5.97 Å². The van der Waals surface area contributed by atoms with E-state index >= 15 is 0 Å². The van der Waals surface area contributed by atoms with Gasteiger partial charge in [-0.25, -0.2) is 4.79 Å². The number of nitrogens with two attached hydrogens (primary N) is 1. The number of nitrogens with one attached hydrogen (secondary N) is 1. The molecular weight excluding hydrogens is 472 g/mol. The number of hydrogen-bond donors (Lipinski definition) is 2. The Morgan fingerprint density at radius 3 is 2.27 bits per heavy atom. The van der Waals surface area contributed by atoms with Crippen molar-refractivity contribution in [1.29, 1.82) is 0 Å². The molecule has 0 radical (unpaired) electrons. The number of primary amides is 1. The average molecular weight is 492 g/mol. The van der Waals surface area contributed by atoms with E-state index in [9.17, 15) is 24.0 Å². The highest BCUT2D eigenvalue weighted by Crippen LogP contribution is 2.38. The van der Waals surface area contributed by atoms with Crippen LogP contribution in [0.4, 0.5) is 5.69 Å².